The van der Waals surface area contributed by atoms with Crippen LogP contribution in [0.4, 0.5) is 0 Å². The number of aromatic nitrogens is 1. The Balaban J connectivity index is 2.56. The summed E-state index contributed by atoms with van der Waals surface area (Å²) in [5.74, 6) is 0. The lowest BCUT2D eigenvalue weighted by Gasteiger charge is -2.02. The molecule has 1 aromatic heterocycles. The number of fused-ring (bicyclic) bond motifs is 3. The predicted octanol–water partition coefficient (Wildman–Crippen LogP) is 4.47. The van der Waals surface area contributed by atoms with Gasteiger partial charge in [-0.05, 0) is 23.9 Å². The largest absolute Gasteiger partial charge is 0.315 e. The van der Waals surface area contributed by atoms with Gasteiger partial charge in [0.05, 0.1) is 11.0 Å². The second kappa shape index (κ2) is 4.25. The minimum absolute atomic E-state index is 0.964. The van der Waals surface area contributed by atoms with E-state index in [1.54, 1.807) is 6.20 Å². The molecule has 0 amide bonds. The maximum absolute atomic E-state index is 8.90. The molecule has 0 bridgehead atoms. The van der Waals surface area contributed by atoms with Crippen LogP contribution >= 0.6 is 11.8 Å². The van der Waals surface area contributed by atoms with E-state index in [4.69, 9.17) is 5.26 Å². The van der Waals surface area contributed by atoms with Crippen molar-refractivity contribution >= 4 is 39.8 Å². The van der Waals surface area contributed by atoms with Gasteiger partial charge >= 0.3 is 0 Å². The monoisotopic (exact) mass is 250 g/mol. The van der Waals surface area contributed by atoms with Crippen LogP contribution < -0.4 is 0 Å². The maximum Gasteiger partial charge on any atom is 0.138 e. The van der Waals surface area contributed by atoms with Crippen LogP contribution in [0, 0.1) is 10.7 Å². The summed E-state index contributed by atoms with van der Waals surface area (Å²) in [4.78, 5) is 0.964. The first-order valence-electron chi connectivity index (χ1n) is 5.57. The number of hydrogen-bond acceptors (Lipinski definition) is 2. The molecule has 18 heavy (non-hydrogen) atoms. The quantitative estimate of drug-likeness (QED) is 0.496. The highest BCUT2D eigenvalue weighted by Gasteiger charge is 2.11. The fourth-order valence-electron chi connectivity index (χ4n) is 2.34. The van der Waals surface area contributed by atoms with Crippen molar-refractivity contribution in [1.82, 2.24) is 4.57 Å². The molecule has 3 aromatic rings. The Kier molecular flexibility index (Phi) is 2.58. The third-order valence-corrected chi connectivity index (χ3v) is 3.67. The summed E-state index contributed by atoms with van der Waals surface area (Å²) in [6.07, 6.45) is 1.80. The highest BCUT2D eigenvalue weighted by Crippen LogP contribution is 2.35. The van der Waals surface area contributed by atoms with Gasteiger partial charge in [-0.1, -0.05) is 36.9 Å². The van der Waals surface area contributed by atoms with Gasteiger partial charge < -0.3 is 4.57 Å². The molecule has 0 N–H and O–H groups in total. The first-order chi connectivity index (χ1) is 8.86. The number of thioether (sulfide) groups is 1. The minimum atomic E-state index is 0.964. The summed E-state index contributed by atoms with van der Waals surface area (Å²) in [7, 11) is 0. The van der Waals surface area contributed by atoms with Crippen LogP contribution in [0.1, 0.15) is 0 Å². The zero-order valence-corrected chi connectivity index (χ0v) is 10.4. The lowest BCUT2D eigenvalue weighted by atomic mass is 10.1. The number of rotatable bonds is 2. The SMILES string of the molecule is C=Cn1c2ccccc2c2cccc(SC#N)c21. The van der Waals surface area contributed by atoms with Gasteiger partial charge in [-0.25, -0.2) is 0 Å². The van der Waals surface area contributed by atoms with Gasteiger partial charge in [0.25, 0.3) is 0 Å². The molecular weight excluding hydrogens is 240 g/mol. The molecule has 1 heterocycles. The Hall–Kier alpha value is -2.18. The van der Waals surface area contributed by atoms with E-state index in [-0.39, 0.29) is 0 Å². The van der Waals surface area contributed by atoms with Gasteiger partial charge in [0, 0.05) is 21.9 Å². The van der Waals surface area contributed by atoms with Crippen LogP contribution in [-0.4, -0.2) is 4.57 Å². The molecule has 2 nitrogen and oxygen atoms in total. The molecule has 0 aliphatic carbocycles. The van der Waals surface area contributed by atoms with E-state index in [9.17, 15) is 0 Å². The Morgan fingerprint density at radius 3 is 2.67 bits per heavy atom. The number of nitriles is 1. The smallest absolute Gasteiger partial charge is 0.138 e. The first-order valence-corrected chi connectivity index (χ1v) is 6.38. The van der Waals surface area contributed by atoms with Gasteiger partial charge in [0.2, 0.25) is 0 Å². The second-order valence-corrected chi connectivity index (χ2v) is 4.74. The maximum atomic E-state index is 8.90. The molecule has 0 aliphatic heterocycles. The van der Waals surface area contributed by atoms with Crippen LogP contribution in [0.3, 0.4) is 0 Å². The van der Waals surface area contributed by atoms with Crippen molar-refractivity contribution in [3.63, 3.8) is 0 Å². The molecule has 0 unspecified atom stereocenters. The number of benzene rings is 2. The average Bonchev–Trinajstić information content (AvgIpc) is 2.74. The second-order valence-electron chi connectivity index (χ2n) is 3.92. The fourth-order valence-corrected chi connectivity index (χ4v) is 2.89. The average molecular weight is 250 g/mol. The van der Waals surface area contributed by atoms with Gasteiger partial charge in [-0.15, -0.1) is 0 Å². The molecule has 2 aromatic carbocycles. The molecule has 0 fully saturated rings. The molecule has 0 saturated carbocycles. The third kappa shape index (κ3) is 1.43. The van der Waals surface area contributed by atoms with E-state index in [1.165, 1.54) is 17.1 Å². The predicted molar refractivity (Wildman–Crippen MR) is 77.3 cm³/mol. The van der Waals surface area contributed by atoms with Crippen molar-refractivity contribution in [2.75, 3.05) is 0 Å². The van der Waals surface area contributed by atoms with E-state index in [2.05, 4.69) is 30.2 Å². The van der Waals surface area contributed by atoms with Gasteiger partial charge in [0.15, 0.2) is 0 Å². The summed E-state index contributed by atoms with van der Waals surface area (Å²) >= 11 is 1.19. The molecule has 0 saturated heterocycles. The van der Waals surface area contributed by atoms with E-state index >= 15 is 0 Å². The van der Waals surface area contributed by atoms with Crippen LogP contribution in [0.2, 0.25) is 0 Å². The van der Waals surface area contributed by atoms with E-state index in [0.29, 0.717) is 0 Å². The van der Waals surface area contributed by atoms with Crippen molar-refractivity contribution in [2.45, 2.75) is 4.90 Å². The first kappa shape index (κ1) is 10.9. The highest BCUT2D eigenvalue weighted by atomic mass is 32.2. The highest BCUT2D eigenvalue weighted by molar-refractivity contribution is 8.04. The Morgan fingerprint density at radius 2 is 1.89 bits per heavy atom. The molecule has 0 aliphatic rings. The zero-order valence-electron chi connectivity index (χ0n) is 9.63. The Labute approximate surface area is 109 Å². The topological polar surface area (TPSA) is 28.7 Å². The van der Waals surface area contributed by atoms with Gasteiger partial charge in [-0.2, -0.15) is 5.26 Å². The molecular formula is C15H10N2S. The Bertz CT molecular complexity index is 793. The summed E-state index contributed by atoms with van der Waals surface area (Å²) in [5, 5.41) is 13.4. The summed E-state index contributed by atoms with van der Waals surface area (Å²) < 4.78 is 2.05. The van der Waals surface area contributed by atoms with E-state index in [1.807, 2.05) is 28.8 Å². The lowest BCUT2D eigenvalue weighted by Crippen LogP contribution is -1.86. The number of nitrogens with zero attached hydrogens (tertiary/aromatic N) is 2. The van der Waals surface area contributed by atoms with Crippen LogP contribution in [0.15, 0.2) is 53.9 Å². The number of hydrogen-bond donors (Lipinski definition) is 0. The van der Waals surface area contributed by atoms with Crippen LogP contribution in [0.5, 0.6) is 0 Å². The molecule has 0 atom stereocenters. The third-order valence-electron chi connectivity index (χ3n) is 3.03. The molecule has 3 heteroatoms. The standard InChI is InChI=1S/C15H10N2S/c1-2-17-13-8-4-3-6-11(13)12-7-5-9-14(15(12)17)18-10-16/h2-9H,1H2. The van der Waals surface area contributed by atoms with Crippen molar-refractivity contribution in [3.05, 3.63) is 49.0 Å². The Morgan fingerprint density at radius 1 is 1.11 bits per heavy atom. The van der Waals surface area contributed by atoms with Crippen LogP contribution in [-0.2, 0) is 0 Å². The lowest BCUT2D eigenvalue weighted by molar-refractivity contribution is 1.26. The fraction of sp³-hybridized carbons (Fsp3) is 0. The van der Waals surface area contributed by atoms with Gasteiger partial charge in [0.1, 0.15) is 5.40 Å². The summed E-state index contributed by atoms with van der Waals surface area (Å²) in [6, 6.07) is 14.2. The van der Waals surface area contributed by atoms with Crippen molar-refractivity contribution in [1.29, 1.82) is 5.26 Å². The van der Waals surface area contributed by atoms with E-state index < -0.39 is 0 Å². The normalized spacial score (nSPS) is 10.6. The van der Waals surface area contributed by atoms with Crippen molar-refractivity contribution in [2.24, 2.45) is 0 Å². The summed E-state index contributed by atoms with van der Waals surface area (Å²) in [6.45, 7) is 3.88. The van der Waals surface area contributed by atoms with Crippen molar-refractivity contribution < 1.29 is 0 Å². The molecule has 0 radical (unpaired) electrons. The van der Waals surface area contributed by atoms with Gasteiger partial charge in [-0.3, -0.25) is 0 Å². The molecule has 86 valence electrons. The minimum Gasteiger partial charge on any atom is -0.315 e. The molecule has 0 spiro atoms. The zero-order chi connectivity index (χ0) is 12.5. The van der Waals surface area contributed by atoms with E-state index in [0.717, 1.165) is 21.3 Å². The molecule has 3 rings (SSSR count). The van der Waals surface area contributed by atoms with Crippen molar-refractivity contribution in [3.8, 4) is 5.40 Å². The van der Waals surface area contributed by atoms with Crippen LogP contribution in [0.25, 0.3) is 28.0 Å². The number of thiocyanates is 1. The summed E-state index contributed by atoms with van der Waals surface area (Å²) in [5.41, 5.74) is 2.17. The number of para-hydroxylation sites is 2.